The lowest BCUT2D eigenvalue weighted by atomic mass is 10.0. The average Bonchev–Trinajstić information content (AvgIpc) is 3.48. The Kier molecular flexibility index (Phi) is 70.8. The minimum atomic E-state index is -0.659. The predicted octanol–water partition coefficient (Wildman–Crippen LogP) is 24.7. The van der Waals surface area contributed by atoms with Crippen LogP contribution in [0.5, 0.6) is 0 Å². The molecule has 0 aliphatic rings. The van der Waals surface area contributed by atoms with Crippen molar-refractivity contribution in [3.05, 3.63) is 12.2 Å². The van der Waals surface area contributed by atoms with Crippen LogP contribution < -0.4 is 5.32 Å². The largest absolute Gasteiger partial charge is 0.466 e. The number of amides is 1. The molecule has 0 saturated carbocycles. The number of unbranched alkanes of at least 4 members (excludes halogenated alkanes) is 59. The number of carbonyl (C=O) groups excluding carboxylic acids is 2. The molecule has 0 aliphatic carbocycles. The van der Waals surface area contributed by atoms with Gasteiger partial charge in [0.2, 0.25) is 5.91 Å². The molecule has 0 aromatic heterocycles. The van der Waals surface area contributed by atoms with E-state index in [-0.39, 0.29) is 18.5 Å². The molecule has 1 amide bonds. The van der Waals surface area contributed by atoms with Gasteiger partial charge in [-0.25, -0.2) is 0 Å². The van der Waals surface area contributed by atoms with Gasteiger partial charge < -0.3 is 20.3 Å². The summed E-state index contributed by atoms with van der Waals surface area (Å²) < 4.78 is 5.50. The number of esters is 1. The lowest BCUT2D eigenvalue weighted by molar-refractivity contribution is -0.143. The van der Waals surface area contributed by atoms with Crippen molar-refractivity contribution >= 4 is 11.9 Å². The van der Waals surface area contributed by atoms with Gasteiger partial charge in [0.1, 0.15) is 0 Å². The van der Waals surface area contributed by atoms with Crippen LogP contribution in [0, 0.1) is 0 Å². The monoisotopic (exact) mass is 1160 g/mol. The molecule has 0 heterocycles. The van der Waals surface area contributed by atoms with Crippen molar-refractivity contribution in [1.82, 2.24) is 5.32 Å². The molecule has 0 saturated heterocycles. The van der Waals surface area contributed by atoms with Crippen LogP contribution in [0.25, 0.3) is 0 Å². The maximum Gasteiger partial charge on any atom is 0.305 e. The van der Waals surface area contributed by atoms with Crippen LogP contribution in [0.1, 0.15) is 438 Å². The van der Waals surface area contributed by atoms with Gasteiger partial charge in [0.15, 0.2) is 0 Å². The Balaban J connectivity index is 3.29. The summed E-state index contributed by atoms with van der Waals surface area (Å²) in [6, 6.07) is -0.536. The standard InChI is InChI=1S/C76H149NO5/c1-3-5-7-9-11-13-15-17-46-50-54-58-62-66-70-76(81)82-71-67-63-59-55-51-47-44-42-40-38-36-34-32-30-28-26-24-22-20-18-19-21-23-25-27-29-31-33-35-37-39-41-43-45-49-53-57-61-65-69-75(80)77-73(72-78)74(79)68-64-60-56-52-48-16-14-12-10-8-6-4-2/h18-19,73-74,78-79H,3-17,20-72H2,1-2H3,(H,77,80)/b19-18-. The Labute approximate surface area is 514 Å². The maximum atomic E-state index is 12.5. The molecule has 0 aromatic rings. The fourth-order valence-corrected chi connectivity index (χ4v) is 12.3. The van der Waals surface area contributed by atoms with Gasteiger partial charge in [0.25, 0.3) is 0 Å². The molecule has 0 aliphatic heterocycles. The van der Waals surface area contributed by atoms with Crippen LogP contribution in [-0.2, 0) is 14.3 Å². The van der Waals surface area contributed by atoms with Gasteiger partial charge in [-0.05, 0) is 51.4 Å². The first-order chi connectivity index (χ1) is 40.5. The molecule has 2 atom stereocenters. The first-order valence-electron chi connectivity index (χ1n) is 37.9. The third-order valence-corrected chi connectivity index (χ3v) is 18.1. The van der Waals surface area contributed by atoms with Gasteiger partial charge >= 0.3 is 5.97 Å². The predicted molar refractivity (Wildman–Crippen MR) is 361 cm³/mol. The van der Waals surface area contributed by atoms with Gasteiger partial charge in [-0.15, -0.1) is 0 Å². The summed E-state index contributed by atoms with van der Waals surface area (Å²) in [5.74, 6) is -0.00276. The molecule has 6 heteroatoms. The summed E-state index contributed by atoms with van der Waals surface area (Å²) in [6.45, 7) is 4.99. The van der Waals surface area contributed by atoms with Crippen LogP contribution in [0.4, 0.5) is 0 Å². The summed E-state index contributed by atoms with van der Waals surface area (Å²) in [6.07, 6.45) is 90.2. The zero-order chi connectivity index (χ0) is 59.2. The lowest BCUT2D eigenvalue weighted by Gasteiger charge is -2.22. The number of ether oxygens (including phenoxy) is 1. The fourth-order valence-electron chi connectivity index (χ4n) is 12.3. The number of nitrogens with one attached hydrogen (secondary N) is 1. The lowest BCUT2D eigenvalue weighted by Crippen LogP contribution is -2.45. The Morgan fingerprint density at radius 1 is 0.329 bits per heavy atom. The topological polar surface area (TPSA) is 95.9 Å². The van der Waals surface area contributed by atoms with Crippen molar-refractivity contribution < 1.29 is 24.5 Å². The molecule has 2 unspecified atom stereocenters. The van der Waals surface area contributed by atoms with E-state index in [4.69, 9.17) is 4.74 Å². The second-order valence-corrected chi connectivity index (χ2v) is 26.3. The number of allylic oxidation sites excluding steroid dienone is 2. The Morgan fingerprint density at radius 2 is 0.573 bits per heavy atom. The van der Waals surface area contributed by atoms with E-state index in [9.17, 15) is 19.8 Å². The SMILES string of the molecule is CCCCCCCCCCCCCCCCC(=O)OCCCCCCCCCCCCCCCCCCCC/C=C\CCCCCCCCCCCCCCCCCCCC(=O)NC(CO)C(O)CCCCCCCCCCCCCC. The van der Waals surface area contributed by atoms with Gasteiger partial charge in [0, 0.05) is 12.8 Å². The van der Waals surface area contributed by atoms with E-state index in [1.165, 1.54) is 366 Å². The van der Waals surface area contributed by atoms with Gasteiger partial charge in [-0.3, -0.25) is 9.59 Å². The van der Waals surface area contributed by atoms with Crippen molar-refractivity contribution in [2.75, 3.05) is 13.2 Å². The summed E-state index contributed by atoms with van der Waals surface area (Å²) >= 11 is 0. The van der Waals surface area contributed by atoms with Crippen LogP contribution in [0.15, 0.2) is 12.2 Å². The Morgan fingerprint density at radius 3 is 0.866 bits per heavy atom. The summed E-state index contributed by atoms with van der Waals surface area (Å²) in [5.41, 5.74) is 0. The number of rotatable bonds is 72. The molecule has 0 bridgehead atoms. The highest BCUT2D eigenvalue weighted by Gasteiger charge is 2.20. The number of hydrogen-bond acceptors (Lipinski definition) is 5. The number of carbonyl (C=O) groups is 2. The van der Waals surface area contributed by atoms with E-state index >= 15 is 0 Å². The minimum Gasteiger partial charge on any atom is -0.466 e. The second-order valence-electron chi connectivity index (χ2n) is 26.3. The van der Waals surface area contributed by atoms with E-state index in [0.29, 0.717) is 25.9 Å². The molecule has 82 heavy (non-hydrogen) atoms. The van der Waals surface area contributed by atoms with Crippen molar-refractivity contribution in [2.45, 2.75) is 450 Å². The molecule has 0 aromatic carbocycles. The van der Waals surface area contributed by atoms with Crippen LogP contribution in [-0.4, -0.2) is 47.4 Å². The smallest absolute Gasteiger partial charge is 0.305 e. The number of hydrogen-bond donors (Lipinski definition) is 3. The zero-order valence-corrected chi connectivity index (χ0v) is 56.0. The third-order valence-electron chi connectivity index (χ3n) is 18.1. The Bertz CT molecular complexity index is 1240. The zero-order valence-electron chi connectivity index (χ0n) is 56.0. The van der Waals surface area contributed by atoms with Gasteiger partial charge in [-0.1, -0.05) is 386 Å². The van der Waals surface area contributed by atoms with E-state index in [0.717, 1.165) is 38.5 Å². The second kappa shape index (κ2) is 72.1. The minimum absolute atomic E-state index is 0.0257. The number of aliphatic hydroxyl groups excluding tert-OH is 2. The molecule has 0 fully saturated rings. The first-order valence-corrected chi connectivity index (χ1v) is 37.9. The molecule has 0 spiro atoms. The molecule has 0 rings (SSSR count). The highest BCUT2D eigenvalue weighted by Crippen LogP contribution is 2.20. The van der Waals surface area contributed by atoms with E-state index in [2.05, 4.69) is 31.3 Å². The molecule has 3 N–H and O–H groups in total. The summed E-state index contributed by atoms with van der Waals surface area (Å²) in [4.78, 5) is 24.6. The van der Waals surface area contributed by atoms with Gasteiger partial charge in [0.05, 0.1) is 25.4 Å². The van der Waals surface area contributed by atoms with Crippen molar-refractivity contribution in [3.63, 3.8) is 0 Å². The van der Waals surface area contributed by atoms with Crippen molar-refractivity contribution in [1.29, 1.82) is 0 Å². The highest BCUT2D eigenvalue weighted by atomic mass is 16.5. The number of aliphatic hydroxyl groups is 2. The maximum absolute atomic E-state index is 12.5. The third kappa shape index (κ3) is 67.7. The fraction of sp³-hybridized carbons (Fsp3) is 0.947. The molecule has 0 radical (unpaired) electrons. The highest BCUT2D eigenvalue weighted by molar-refractivity contribution is 5.76. The summed E-state index contributed by atoms with van der Waals surface area (Å²) in [7, 11) is 0. The average molecular weight is 1160 g/mol. The first kappa shape index (κ1) is 80.6. The van der Waals surface area contributed by atoms with E-state index in [1.54, 1.807) is 0 Å². The molecular formula is C76H149NO5. The Hall–Kier alpha value is -1.40. The van der Waals surface area contributed by atoms with Crippen LogP contribution >= 0.6 is 0 Å². The van der Waals surface area contributed by atoms with Crippen LogP contribution in [0.3, 0.4) is 0 Å². The van der Waals surface area contributed by atoms with Gasteiger partial charge in [-0.2, -0.15) is 0 Å². The normalized spacial score (nSPS) is 12.5. The summed E-state index contributed by atoms with van der Waals surface area (Å²) in [5, 5.41) is 23.3. The molecule has 6 nitrogen and oxygen atoms in total. The van der Waals surface area contributed by atoms with Crippen molar-refractivity contribution in [3.8, 4) is 0 Å². The molecule has 488 valence electrons. The van der Waals surface area contributed by atoms with Crippen LogP contribution in [0.2, 0.25) is 0 Å². The van der Waals surface area contributed by atoms with Crippen molar-refractivity contribution in [2.24, 2.45) is 0 Å². The quantitative estimate of drug-likeness (QED) is 0.0320. The molecular weight excluding hydrogens is 1010 g/mol. The van der Waals surface area contributed by atoms with E-state index in [1.807, 2.05) is 0 Å². The van der Waals surface area contributed by atoms with E-state index < -0.39 is 12.1 Å².